The number of carbonyl (C=O) groups excluding carboxylic acids is 1. The first-order valence-corrected chi connectivity index (χ1v) is 10.4. The van der Waals surface area contributed by atoms with Gasteiger partial charge in [-0.25, -0.2) is 4.79 Å². The summed E-state index contributed by atoms with van der Waals surface area (Å²) in [6.45, 7) is 1.46. The Bertz CT molecular complexity index is 890. The summed E-state index contributed by atoms with van der Waals surface area (Å²) >= 11 is 0. The molecule has 0 aliphatic carbocycles. The summed E-state index contributed by atoms with van der Waals surface area (Å²) in [6.07, 6.45) is 2.86. The number of amides is 1. The van der Waals surface area contributed by atoms with Crippen LogP contribution in [0.25, 0.3) is 0 Å². The molecule has 0 spiro atoms. The summed E-state index contributed by atoms with van der Waals surface area (Å²) in [5, 5.41) is 23.1. The van der Waals surface area contributed by atoms with E-state index in [2.05, 4.69) is 10.6 Å². The number of hydrogen-bond acceptors (Lipinski definition) is 6. The molecule has 2 fully saturated rings. The number of halogens is 1. The van der Waals surface area contributed by atoms with Gasteiger partial charge in [-0.3, -0.25) is 10.2 Å². The van der Waals surface area contributed by atoms with Crippen molar-refractivity contribution in [3.05, 3.63) is 41.5 Å². The van der Waals surface area contributed by atoms with E-state index < -0.39 is 17.8 Å². The third kappa shape index (κ3) is 4.89. The van der Waals surface area contributed by atoms with Gasteiger partial charge in [0.05, 0.1) is 5.56 Å². The minimum Gasteiger partial charge on any atom is -0.478 e. The molecule has 1 amide bonds. The Morgan fingerprint density at radius 1 is 1.26 bits per heavy atom. The van der Waals surface area contributed by atoms with Gasteiger partial charge >= 0.3 is 5.97 Å². The van der Waals surface area contributed by atoms with Crippen LogP contribution >= 0.6 is 0 Å². The third-order valence-electron chi connectivity index (χ3n) is 5.83. The van der Waals surface area contributed by atoms with Crippen LogP contribution in [0.3, 0.4) is 0 Å². The highest BCUT2D eigenvalue weighted by Crippen LogP contribution is 2.25. The zero-order valence-electron chi connectivity index (χ0n) is 17.5. The lowest BCUT2D eigenvalue weighted by atomic mass is 9.97. The number of nitrogens with two attached hydrogens (primary N) is 1. The zero-order valence-corrected chi connectivity index (χ0v) is 17.5. The van der Waals surface area contributed by atoms with E-state index >= 15 is 0 Å². The molecule has 2 aliphatic rings. The highest BCUT2D eigenvalue weighted by atomic mass is 19.1. The molecule has 9 nitrogen and oxygen atoms in total. The van der Waals surface area contributed by atoms with Gasteiger partial charge in [0.2, 0.25) is 11.7 Å². The fourth-order valence-electron chi connectivity index (χ4n) is 4.17. The topological polar surface area (TPSA) is 135 Å². The molecule has 6 N–H and O–H groups in total. The number of carboxylic acids is 1. The first kappa shape index (κ1) is 22.4. The third-order valence-corrected chi connectivity index (χ3v) is 5.83. The Kier molecular flexibility index (Phi) is 6.98. The number of piperidine rings is 2. The molecule has 3 rings (SSSR count). The fraction of sp³-hybridized carbons (Fsp3) is 0.476. The highest BCUT2D eigenvalue weighted by Gasteiger charge is 2.36. The van der Waals surface area contributed by atoms with Gasteiger partial charge in [-0.15, -0.1) is 0 Å². The number of likely N-dealkylation sites (tertiary alicyclic amines) is 2. The number of carboxylic acid groups (broad SMARTS) is 1. The molecule has 2 atom stereocenters. The van der Waals surface area contributed by atoms with Gasteiger partial charge in [0.15, 0.2) is 5.84 Å². The largest absolute Gasteiger partial charge is 0.478 e. The number of hydrogen-bond donors (Lipinski definition) is 5. The van der Waals surface area contributed by atoms with Crippen molar-refractivity contribution >= 4 is 23.4 Å². The van der Waals surface area contributed by atoms with E-state index in [-0.39, 0.29) is 29.2 Å². The molecular formula is C21H29FN6O3. The van der Waals surface area contributed by atoms with Crippen molar-refractivity contribution in [2.75, 3.05) is 32.0 Å². The molecule has 0 radical (unpaired) electrons. The second kappa shape index (κ2) is 9.67. The number of anilines is 1. The number of amidine groups is 1. The van der Waals surface area contributed by atoms with Gasteiger partial charge in [-0.2, -0.15) is 4.39 Å². The maximum atomic E-state index is 14.3. The minimum atomic E-state index is -1.06. The van der Waals surface area contributed by atoms with Crippen LogP contribution in [-0.4, -0.2) is 71.4 Å². The van der Waals surface area contributed by atoms with Crippen molar-refractivity contribution in [1.29, 1.82) is 5.41 Å². The molecule has 0 saturated carbocycles. The molecule has 2 heterocycles. The highest BCUT2D eigenvalue weighted by molar-refractivity contribution is 5.96. The maximum Gasteiger partial charge on any atom is 0.337 e. The minimum absolute atomic E-state index is 0.101. The van der Waals surface area contributed by atoms with E-state index in [9.17, 15) is 19.1 Å². The van der Waals surface area contributed by atoms with Gasteiger partial charge in [0.1, 0.15) is 11.9 Å². The van der Waals surface area contributed by atoms with Crippen molar-refractivity contribution < 1.29 is 19.1 Å². The van der Waals surface area contributed by atoms with Crippen molar-refractivity contribution in [2.24, 2.45) is 5.73 Å². The van der Waals surface area contributed by atoms with Crippen molar-refractivity contribution in [1.82, 2.24) is 15.1 Å². The zero-order chi connectivity index (χ0) is 22.5. The number of nitrogens with zero attached hydrogens (tertiary/aromatic N) is 2. The second-order valence-corrected chi connectivity index (χ2v) is 7.79. The molecular weight excluding hydrogens is 403 g/mol. The molecule has 10 heteroatoms. The average Bonchev–Trinajstić information content (AvgIpc) is 2.79. The summed E-state index contributed by atoms with van der Waals surface area (Å²) < 4.78 is 14.3. The van der Waals surface area contributed by atoms with Crippen LogP contribution < -0.4 is 16.4 Å². The molecule has 2 aliphatic heterocycles. The van der Waals surface area contributed by atoms with E-state index in [1.807, 2.05) is 0 Å². The van der Waals surface area contributed by atoms with Gasteiger partial charge < -0.3 is 31.3 Å². The lowest BCUT2D eigenvalue weighted by Crippen LogP contribution is -2.57. The number of aromatic carboxylic acids is 1. The molecule has 1 unspecified atom stereocenters. The molecule has 0 bridgehead atoms. The average molecular weight is 433 g/mol. The number of benzene rings is 1. The SMILES string of the molecule is CN/C(N)=C(/F)C(=N)N1CCC[C@@H](N2CCCC(Nc3ccccc3C(=O)O)C2=O)C1. The lowest BCUT2D eigenvalue weighted by Gasteiger charge is -2.43. The van der Waals surface area contributed by atoms with Crippen LogP contribution in [0.1, 0.15) is 36.0 Å². The second-order valence-electron chi connectivity index (χ2n) is 7.79. The molecule has 1 aromatic carbocycles. The smallest absolute Gasteiger partial charge is 0.337 e. The van der Waals surface area contributed by atoms with Crippen LogP contribution in [0.5, 0.6) is 0 Å². The Hall–Kier alpha value is -3.30. The normalized spacial score (nSPS) is 22.6. The van der Waals surface area contributed by atoms with Crippen LogP contribution in [0, 0.1) is 5.41 Å². The first-order valence-electron chi connectivity index (χ1n) is 10.4. The van der Waals surface area contributed by atoms with E-state index in [1.165, 1.54) is 13.1 Å². The number of nitrogens with one attached hydrogen (secondary N) is 3. The number of rotatable bonds is 6. The Morgan fingerprint density at radius 2 is 1.97 bits per heavy atom. The molecule has 2 saturated heterocycles. The van der Waals surface area contributed by atoms with Gasteiger partial charge in [-0.05, 0) is 37.8 Å². The fourth-order valence-corrected chi connectivity index (χ4v) is 4.17. The predicted molar refractivity (Wildman–Crippen MR) is 115 cm³/mol. The van der Waals surface area contributed by atoms with Crippen LogP contribution in [0.15, 0.2) is 35.9 Å². The van der Waals surface area contributed by atoms with Gasteiger partial charge in [-0.1, -0.05) is 12.1 Å². The van der Waals surface area contributed by atoms with E-state index in [1.54, 1.807) is 28.0 Å². The summed E-state index contributed by atoms with van der Waals surface area (Å²) in [5.74, 6) is -2.44. The van der Waals surface area contributed by atoms with E-state index in [0.717, 1.165) is 19.3 Å². The molecule has 0 aromatic heterocycles. The molecule has 1 aromatic rings. The van der Waals surface area contributed by atoms with E-state index in [4.69, 9.17) is 11.1 Å². The van der Waals surface area contributed by atoms with E-state index in [0.29, 0.717) is 31.7 Å². The number of carbonyl (C=O) groups is 2. The van der Waals surface area contributed by atoms with Crippen molar-refractivity contribution in [3.8, 4) is 0 Å². The summed E-state index contributed by atoms with van der Waals surface area (Å²) in [7, 11) is 1.49. The number of para-hydroxylation sites is 1. The van der Waals surface area contributed by atoms with Crippen molar-refractivity contribution in [2.45, 2.75) is 37.8 Å². The quantitative estimate of drug-likeness (QED) is 0.340. The first-order chi connectivity index (χ1) is 14.8. The Morgan fingerprint density at radius 3 is 2.68 bits per heavy atom. The van der Waals surface area contributed by atoms with Gasteiger partial charge in [0.25, 0.3) is 0 Å². The summed E-state index contributed by atoms with van der Waals surface area (Å²) in [4.78, 5) is 28.1. The predicted octanol–water partition coefficient (Wildman–Crippen LogP) is 1.55. The maximum absolute atomic E-state index is 14.3. The van der Waals surface area contributed by atoms with Crippen LogP contribution in [-0.2, 0) is 4.79 Å². The van der Waals surface area contributed by atoms with Gasteiger partial charge in [0, 0.05) is 38.4 Å². The standard InChI is InChI=1S/C21H29FN6O3/c1-25-18(23)17(22)19(24)27-10-4-6-13(12-27)28-11-5-9-16(20(28)29)26-15-8-3-2-7-14(15)21(30)31/h2-3,7-8,13,16,24-26H,4-6,9-12,23H2,1H3,(H,30,31)/b18-17+,24-19?/t13-,16?/m1/s1. The monoisotopic (exact) mass is 432 g/mol. The Balaban J connectivity index is 1.71. The molecule has 168 valence electrons. The van der Waals surface area contributed by atoms with Crippen molar-refractivity contribution in [3.63, 3.8) is 0 Å². The molecule has 31 heavy (non-hydrogen) atoms. The van der Waals surface area contributed by atoms with Crippen LogP contribution in [0.4, 0.5) is 10.1 Å². The van der Waals surface area contributed by atoms with Crippen LogP contribution in [0.2, 0.25) is 0 Å². The summed E-state index contributed by atoms with van der Waals surface area (Å²) in [6, 6.07) is 5.84. The lowest BCUT2D eigenvalue weighted by molar-refractivity contribution is -0.137. The Labute approximate surface area is 180 Å². The summed E-state index contributed by atoms with van der Waals surface area (Å²) in [5.41, 5.74) is 6.09.